The van der Waals surface area contributed by atoms with Crippen molar-refractivity contribution in [3.63, 3.8) is 0 Å². The minimum atomic E-state index is 0.195. The third-order valence-corrected chi connectivity index (χ3v) is 2.00. The van der Waals surface area contributed by atoms with Gasteiger partial charge >= 0.3 is 0 Å². The molecular weight excluding hydrogens is 248 g/mol. The van der Waals surface area contributed by atoms with E-state index in [0.29, 0.717) is 12.2 Å². The van der Waals surface area contributed by atoms with Gasteiger partial charge in [0.05, 0.1) is 12.2 Å². The van der Waals surface area contributed by atoms with Crippen LogP contribution in [0.3, 0.4) is 0 Å². The van der Waals surface area contributed by atoms with Crippen molar-refractivity contribution in [3.05, 3.63) is 29.8 Å². The third-order valence-electron chi connectivity index (χ3n) is 2.00. The fourth-order valence-corrected chi connectivity index (χ4v) is 1.08. The highest BCUT2D eigenvalue weighted by atomic mass is 16.3. The molecule has 0 radical (unpaired) electrons. The van der Waals surface area contributed by atoms with Gasteiger partial charge in [-0.1, -0.05) is 12.1 Å². The van der Waals surface area contributed by atoms with Crippen LogP contribution >= 0.6 is 0 Å². The Bertz CT molecular complexity index is 428. The zero-order chi connectivity index (χ0) is 14.3. The monoisotopic (exact) mass is 264 g/mol. The molecule has 6 nitrogen and oxygen atoms in total. The van der Waals surface area contributed by atoms with E-state index in [1.165, 1.54) is 12.2 Å². The number of aliphatic hydroxyl groups excluding tert-OH is 2. The van der Waals surface area contributed by atoms with Crippen molar-refractivity contribution in [1.82, 2.24) is 0 Å². The molecule has 0 unspecified atom stereocenters. The summed E-state index contributed by atoms with van der Waals surface area (Å²) >= 11 is 0. The van der Waals surface area contributed by atoms with Crippen molar-refractivity contribution in [1.29, 1.82) is 0 Å². The van der Waals surface area contributed by atoms with Gasteiger partial charge < -0.3 is 10.2 Å². The van der Waals surface area contributed by atoms with Crippen LogP contribution in [0.1, 0.15) is 18.4 Å². The van der Waals surface area contributed by atoms with Crippen molar-refractivity contribution in [3.8, 4) is 0 Å². The summed E-state index contributed by atoms with van der Waals surface area (Å²) in [6.45, 7) is 0.690. The first-order chi connectivity index (χ1) is 9.28. The van der Waals surface area contributed by atoms with E-state index in [0.717, 1.165) is 18.4 Å². The molecule has 0 aliphatic carbocycles. The van der Waals surface area contributed by atoms with Gasteiger partial charge in [-0.05, 0) is 30.5 Å². The number of isocyanates is 2. The molecule has 0 aromatic heterocycles. The molecule has 19 heavy (non-hydrogen) atoms. The van der Waals surface area contributed by atoms with Crippen LogP contribution < -0.4 is 0 Å². The van der Waals surface area contributed by atoms with Gasteiger partial charge in [0.15, 0.2) is 0 Å². The van der Waals surface area contributed by atoms with Crippen LogP contribution in [0.25, 0.3) is 0 Å². The molecule has 0 aliphatic heterocycles. The average Bonchev–Trinajstić information content (AvgIpc) is 2.45. The molecule has 6 heteroatoms. The maximum absolute atomic E-state index is 9.87. The quantitative estimate of drug-likeness (QED) is 0.458. The van der Waals surface area contributed by atoms with E-state index in [1.807, 2.05) is 0 Å². The molecule has 1 aromatic carbocycles. The maximum atomic E-state index is 9.87. The predicted octanol–water partition coefficient (Wildman–Crippen LogP) is 1.24. The minimum Gasteiger partial charge on any atom is -0.396 e. The zero-order valence-electron chi connectivity index (χ0n) is 10.5. The smallest absolute Gasteiger partial charge is 0.240 e. The molecule has 0 saturated heterocycles. The second-order valence-corrected chi connectivity index (χ2v) is 3.43. The first-order valence-electron chi connectivity index (χ1n) is 5.70. The number of hydrogen-bond acceptors (Lipinski definition) is 6. The van der Waals surface area contributed by atoms with Gasteiger partial charge in [-0.3, -0.25) is 0 Å². The fraction of sp³-hybridized carbons (Fsp3) is 0.385. The van der Waals surface area contributed by atoms with Crippen LogP contribution in [0.4, 0.5) is 5.69 Å². The van der Waals surface area contributed by atoms with Crippen molar-refractivity contribution in [2.75, 3.05) is 13.2 Å². The number of nitrogens with zero attached hydrogens (tertiary/aromatic N) is 2. The Kier molecular flexibility index (Phi) is 11.0. The minimum absolute atomic E-state index is 0.195. The Balaban J connectivity index is 0.000000459. The number of benzene rings is 1. The summed E-state index contributed by atoms with van der Waals surface area (Å²) in [5.74, 6) is 0. The van der Waals surface area contributed by atoms with Crippen molar-refractivity contribution >= 4 is 17.8 Å². The Hall–Kier alpha value is -2.10. The normalized spacial score (nSPS) is 8.53. The number of aliphatic hydroxyl groups is 2. The second kappa shape index (κ2) is 12.4. The Morgan fingerprint density at radius 3 is 1.95 bits per heavy atom. The Morgan fingerprint density at radius 2 is 1.53 bits per heavy atom. The highest BCUT2D eigenvalue weighted by molar-refractivity contribution is 5.49. The molecule has 1 aromatic rings. The van der Waals surface area contributed by atoms with E-state index >= 15 is 0 Å². The van der Waals surface area contributed by atoms with Crippen LogP contribution in [0.15, 0.2) is 34.3 Å². The highest BCUT2D eigenvalue weighted by Gasteiger charge is 1.91. The van der Waals surface area contributed by atoms with E-state index in [2.05, 4.69) is 9.98 Å². The van der Waals surface area contributed by atoms with E-state index in [-0.39, 0.29) is 13.2 Å². The summed E-state index contributed by atoms with van der Waals surface area (Å²) in [4.78, 5) is 26.5. The predicted molar refractivity (Wildman–Crippen MR) is 69.5 cm³/mol. The van der Waals surface area contributed by atoms with Gasteiger partial charge in [-0.25, -0.2) is 14.6 Å². The number of hydrogen-bond donors (Lipinski definition) is 2. The van der Waals surface area contributed by atoms with E-state index in [4.69, 9.17) is 10.2 Å². The molecule has 1 rings (SSSR count). The number of rotatable bonds is 6. The standard InChI is InChI=1S/C9H6N2O2.C4H10O2/c12-6-10-5-8-1-3-9(4-2-8)11-7-13;5-3-1-2-4-6/h1-4H,5H2;5-6H,1-4H2. The number of unbranched alkanes of at least 4 members (excludes halogenated alkanes) is 1. The van der Waals surface area contributed by atoms with Crippen LogP contribution in [0.5, 0.6) is 0 Å². The Morgan fingerprint density at radius 1 is 0.947 bits per heavy atom. The molecule has 0 spiro atoms. The van der Waals surface area contributed by atoms with Gasteiger partial charge in [0, 0.05) is 13.2 Å². The SMILES string of the molecule is O=C=NCc1ccc(N=C=O)cc1.OCCCCO. The van der Waals surface area contributed by atoms with Gasteiger partial charge in [-0.2, -0.15) is 4.99 Å². The molecule has 0 atom stereocenters. The molecule has 102 valence electrons. The van der Waals surface area contributed by atoms with E-state index in [9.17, 15) is 9.59 Å². The lowest BCUT2D eigenvalue weighted by molar-refractivity contribution is 0.242. The fourth-order valence-electron chi connectivity index (χ4n) is 1.08. The van der Waals surface area contributed by atoms with Crippen LogP contribution in [0, 0.1) is 0 Å². The largest absolute Gasteiger partial charge is 0.396 e. The van der Waals surface area contributed by atoms with Crippen LogP contribution in [0.2, 0.25) is 0 Å². The molecule has 0 saturated carbocycles. The van der Waals surface area contributed by atoms with E-state index < -0.39 is 0 Å². The summed E-state index contributed by atoms with van der Waals surface area (Å²) in [5, 5.41) is 16.2. The molecule has 0 heterocycles. The highest BCUT2D eigenvalue weighted by Crippen LogP contribution is 2.12. The summed E-state index contributed by atoms with van der Waals surface area (Å²) in [7, 11) is 0. The van der Waals surface area contributed by atoms with Gasteiger partial charge in [0.2, 0.25) is 12.2 Å². The zero-order valence-corrected chi connectivity index (χ0v) is 10.5. The number of aliphatic imine (C=N–C) groups is 2. The van der Waals surface area contributed by atoms with Crippen LogP contribution in [-0.2, 0) is 16.1 Å². The molecule has 0 aliphatic rings. The van der Waals surface area contributed by atoms with Crippen molar-refractivity contribution in [2.45, 2.75) is 19.4 Å². The van der Waals surface area contributed by atoms with Crippen molar-refractivity contribution in [2.24, 2.45) is 9.98 Å². The molecule has 0 amide bonds. The summed E-state index contributed by atoms with van der Waals surface area (Å²) in [6.07, 6.45) is 4.32. The van der Waals surface area contributed by atoms with E-state index in [1.54, 1.807) is 24.3 Å². The molecule has 0 bridgehead atoms. The summed E-state index contributed by atoms with van der Waals surface area (Å²) in [5.41, 5.74) is 1.40. The number of carbonyl (C=O) groups excluding carboxylic acids is 2. The molecule has 2 N–H and O–H groups in total. The lowest BCUT2D eigenvalue weighted by Gasteiger charge is -1.93. The summed E-state index contributed by atoms with van der Waals surface area (Å²) < 4.78 is 0. The summed E-state index contributed by atoms with van der Waals surface area (Å²) in [6, 6.07) is 6.77. The second-order valence-electron chi connectivity index (χ2n) is 3.43. The van der Waals surface area contributed by atoms with Crippen LogP contribution in [-0.4, -0.2) is 35.6 Å². The third kappa shape index (κ3) is 9.59. The van der Waals surface area contributed by atoms with Gasteiger partial charge in [0.1, 0.15) is 0 Å². The first kappa shape index (κ1) is 16.9. The first-order valence-corrected chi connectivity index (χ1v) is 5.70. The average molecular weight is 264 g/mol. The molecular formula is C13H16N2O4. The van der Waals surface area contributed by atoms with Gasteiger partial charge in [-0.15, -0.1) is 0 Å². The topological polar surface area (TPSA) is 99.3 Å². The van der Waals surface area contributed by atoms with Crippen molar-refractivity contribution < 1.29 is 19.8 Å². The Labute approximate surface area is 111 Å². The van der Waals surface area contributed by atoms with Gasteiger partial charge in [0.25, 0.3) is 0 Å². The lowest BCUT2D eigenvalue weighted by atomic mass is 10.2. The maximum Gasteiger partial charge on any atom is 0.240 e. The molecule has 0 fully saturated rings. The lowest BCUT2D eigenvalue weighted by Crippen LogP contribution is -1.85.